The van der Waals surface area contributed by atoms with E-state index in [1.807, 2.05) is 0 Å². The van der Waals surface area contributed by atoms with Crippen LogP contribution in [-0.4, -0.2) is 5.38 Å². The molecular formula is C15H15Cl. The molecular weight excluding hydrogens is 216 g/mol. The molecule has 2 atom stereocenters. The number of rotatable bonds is 1. The van der Waals surface area contributed by atoms with E-state index in [9.17, 15) is 0 Å². The molecule has 0 spiro atoms. The Balaban J connectivity index is 2.04. The second-order valence-corrected chi connectivity index (χ2v) is 5.22. The normalized spacial score (nSPS) is 25.1. The molecule has 0 heterocycles. The van der Waals surface area contributed by atoms with E-state index in [2.05, 4.69) is 42.5 Å². The van der Waals surface area contributed by atoms with Gasteiger partial charge in [0.15, 0.2) is 0 Å². The van der Waals surface area contributed by atoms with Gasteiger partial charge in [-0.2, -0.15) is 0 Å². The molecule has 3 rings (SSSR count). The van der Waals surface area contributed by atoms with Crippen molar-refractivity contribution in [3.63, 3.8) is 0 Å². The van der Waals surface area contributed by atoms with Gasteiger partial charge in [-0.3, -0.25) is 0 Å². The first-order valence-electron chi connectivity index (χ1n) is 5.97. The first-order valence-corrected chi connectivity index (χ1v) is 6.41. The summed E-state index contributed by atoms with van der Waals surface area (Å²) in [4.78, 5) is 0. The highest BCUT2D eigenvalue weighted by atomic mass is 35.5. The van der Waals surface area contributed by atoms with Crippen molar-refractivity contribution in [3.05, 3.63) is 48.0 Å². The molecule has 82 valence electrons. The molecule has 1 fully saturated rings. The van der Waals surface area contributed by atoms with Gasteiger partial charge in [-0.05, 0) is 29.2 Å². The minimum absolute atomic E-state index is 0.334. The lowest BCUT2D eigenvalue weighted by atomic mass is 9.95. The average molecular weight is 231 g/mol. The van der Waals surface area contributed by atoms with E-state index in [1.165, 1.54) is 35.6 Å². The van der Waals surface area contributed by atoms with Gasteiger partial charge in [0.2, 0.25) is 0 Å². The van der Waals surface area contributed by atoms with Crippen LogP contribution in [0.25, 0.3) is 10.8 Å². The van der Waals surface area contributed by atoms with E-state index in [-0.39, 0.29) is 0 Å². The monoisotopic (exact) mass is 230 g/mol. The van der Waals surface area contributed by atoms with Crippen LogP contribution in [0.2, 0.25) is 0 Å². The fraction of sp³-hybridized carbons (Fsp3) is 0.333. The van der Waals surface area contributed by atoms with Gasteiger partial charge in [-0.25, -0.2) is 0 Å². The van der Waals surface area contributed by atoms with Crippen molar-refractivity contribution in [2.24, 2.45) is 0 Å². The maximum Gasteiger partial charge on any atom is 0.0404 e. The molecule has 0 aromatic heterocycles. The third-order valence-electron chi connectivity index (χ3n) is 3.63. The second-order valence-electron chi connectivity index (χ2n) is 4.66. The molecule has 2 unspecified atom stereocenters. The first kappa shape index (κ1) is 10.2. The van der Waals surface area contributed by atoms with Crippen LogP contribution < -0.4 is 0 Å². The summed E-state index contributed by atoms with van der Waals surface area (Å²) in [6.07, 6.45) is 3.68. The molecule has 0 nitrogen and oxygen atoms in total. The van der Waals surface area contributed by atoms with Gasteiger partial charge in [0.25, 0.3) is 0 Å². The van der Waals surface area contributed by atoms with Gasteiger partial charge in [-0.1, -0.05) is 48.9 Å². The Labute approximate surface area is 101 Å². The maximum atomic E-state index is 6.36. The number of fused-ring (bicyclic) bond motifs is 1. The highest BCUT2D eigenvalue weighted by molar-refractivity contribution is 6.21. The highest BCUT2D eigenvalue weighted by Gasteiger charge is 2.26. The Hall–Kier alpha value is -1.01. The SMILES string of the molecule is ClC1CCCC1c1ccc2ccccc2c1. The van der Waals surface area contributed by atoms with Gasteiger partial charge in [-0.15, -0.1) is 11.6 Å². The van der Waals surface area contributed by atoms with E-state index in [0.717, 1.165) is 0 Å². The number of benzene rings is 2. The summed E-state index contributed by atoms with van der Waals surface area (Å²) in [7, 11) is 0. The molecule has 1 saturated carbocycles. The predicted octanol–water partition coefficient (Wildman–Crippen LogP) is 4.71. The molecule has 0 N–H and O–H groups in total. The molecule has 0 amide bonds. The van der Waals surface area contributed by atoms with Crippen LogP contribution in [0.15, 0.2) is 42.5 Å². The highest BCUT2D eigenvalue weighted by Crippen LogP contribution is 2.38. The Kier molecular flexibility index (Phi) is 2.61. The molecule has 0 radical (unpaired) electrons. The standard InChI is InChI=1S/C15H15Cl/c16-15-7-3-6-14(15)13-9-8-11-4-1-2-5-12(11)10-13/h1-2,4-5,8-10,14-15H,3,6-7H2. The maximum absolute atomic E-state index is 6.36. The number of alkyl halides is 1. The van der Waals surface area contributed by atoms with E-state index in [4.69, 9.17) is 11.6 Å². The summed E-state index contributed by atoms with van der Waals surface area (Å²) in [5.74, 6) is 0.561. The third-order valence-corrected chi connectivity index (χ3v) is 4.16. The van der Waals surface area contributed by atoms with Crippen molar-refractivity contribution in [1.29, 1.82) is 0 Å². The molecule has 1 aliphatic rings. The van der Waals surface area contributed by atoms with Gasteiger partial charge < -0.3 is 0 Å². The van der Waals surface area contributed by atoms with Crippen molar-refractivity contribution in [3.8, 4) is 0 Å². The summed E-state index contributed by atoms with van der Waals surface area (Å²) in [5, 5.41) is 2.98. The lowest BCUT2D eigenvalue weighted by Crippen LogP contribution is -2.04. The Morgan fingerprint density at radius 3 is 2.50 bits per heavy atom. The van der Waals surface area contributed by atoms with Gasteiger partial charge >= 0.3 is 0 Å². The van der Waals surface area contributed by atoms with Crippen molar-refractivity contribution in [1.82, 2.24) is 0 Å². The van der Waals surface area contributed by atoms with Gasteiger partial charge in [0.05, 0.1) is 0 Å². The summed E-state index contributed by atoms with van der Waals surface area (Å²) in [5.41, 5.74) is 1.41. The zero-order valence-electron chi connectivity index (χ0n) is 9.20. The molecule has 2 aromatic carbocycles. The van der Waals surface area contributed by atoms with Crippen LogP contribution in [0.1, 0.15) is 30.7 Å². The summed E-state index contributed by atoms with van der Waals surface area (Å²) in [6.45, 7) is 0. The van der Waals surface area contributed by atoms with Crippen LogP contribution in [0.3, 0.4) is 0 Å². The molecule has 0 aliphatic heterocycles. The van der Waals surface area contributed by atoms with E-state index in [0.29, 0.717) is 11.3 Å². The summed E-state index contributed by atoms with van der Waals surface area (Å²) >= 11 is 6.36. The van der Waals surface area contributed by atoms with Crippen LogP contribution in [-0.2, 0) is 0 Å². The number of hydrogen-bond donors (Lipinski definition) is 0. The average Bonchev–Trinajstić information content (AvgIpc) is 2.75. The molecule has 0 saturated heterocycles. The van der Waals surface area contributed by atoms with E-state index >= 15 is 0 Å². The van der Waals surface area contributed by atoms with Crippen molar-refractivity contribution >= 4 is 22.4 Å². The quantitative estimate of drug-likeness (QED) is 0.622. The second kappa shape index (κ2) is 4.10. The van der Waals surface area contributed by atoms with E-state index in [1.54, 1.807) is 0 Å². The van der Waals surface area contributed by atoms with Crippen LogP contribution in [0.5, 0.6) is 0 Å². The van der Waals surface area contributed by atoms with Crippen LogP contribution in [0.4, 0.5) is 0 Å². The summed E-state index contributed by atoms with van der Waals surface area (Å²) in [6, 6.07) is 15.3. The zero-order valence-corrected chi connectivity index (χ0v) is 9.95. The summed E-state index contributed by atoms with van der Waals surface area (Å²) < 4.78 is 0. The van der Waals surface area contributed by atoms with Gasteiger partial charge in [0.1, 0.15) is 0 Å². The lowest BCUT2D eigenvalue weighted by molar-refractivity contribution is 0.731. The van der Waals surface area contributed by atoms with Crippen LogP contribution >= 0.6 is 11.6 Å². The first-order chi connectivity index (χ1) is 7.84. The predicted molar refractivity (Wildman–Crippen MR) is 70.2 cm³/mol. The number of hydrogen-bond acceptors (Lipinski definition) is 0. The fourth-order valence-electron chi connectivity index (χ4n) is 2.73. The Morgan fingerprint density at radius 1 is 0.938 bits per heavy atom. The smallest absolute Gasteiger partial charge is 0.0404 e. The molecule has 0 bridgehead atoms. The largest absolute Gasteiger partial charge is 0.122 e. The lowest BCUT2D eigenvalue weighted by Gasteiger charge is -2.14. The molecule has 1 heteroatoms. The van der Waals surface area contributed by atoms with Crippen molar-refractivity contribution in [2.45, 2.75) is 30.6 Å². The zero-order chi connectivity index (χ0) is 11.0. The Morgan fingerprint density at radius 2 is 1.75 bits per heavy atom. The van der Waals surface area contributed by atoms with E-state index < -0.39 is 0 Å². The van der Waals surface area contributed by atoms with Crippen molar-refractivity contribution in [2.75, 3.05) is 0 Å². The number of halogens is 1. The fourth-order valence-corrected chi connectivity index (χ4v) is 3.15. The van der Waals surface area contributed by atoms with Crippen LogP contribution in [0, 0.1) is 0 Å². The minimum atomic E-state index is 0.334. The molecule has 1 aliphatic carbocycles. The topological polar surface area (TPSA) is 0 Å². The van der Waals surface area contributed by atoms with Gasteiger partial charge in [0, 0.05) is 11.3 Å². The third kappa shape index (κ3) is 1.72. The Bertz CT molecular complexity index is 504. The minimum Gasteiger partial charge on any atom is -0.122 e. The molecule has 2 aromatic rings. The van der Waals surface area contributed by atoms with Crippen molar-refractivity contribution < 1.29 is 0 Å². The molecule has 16 heavy (non-hydrogen) atoms.